The van der Waals surface area contributed by atoms with Crippen molar-refractivity contribution in [3.63, 3.8) is 0 Å². The molecule has 1 fully saturated rings. The average molecular weight is 454 g/mol. The SMILES string of the molecule is CCN1CCN(c2c(CN(CC(C)C)C(=O)CC(C)(C)C)c(C)nn2-c2ccccc2)CC1. The summed E-state index contributed by atoms with van der Waals surface area (Å²) in [4.78, 5) is 20.4. The first-order valence-corrected chi connectivity index (χ1v) is 12.5. The molecule has 0 atom stereocenters. The van der Waals surface area contributed by atoms with Gasteiger partial charge in [-0.15, -0.1) is 0 Å². The van der Waals surface area contributed by atoms with Crippen molar-refractivity contribution in [2.75, 3.05) is 44.2 Å². The summed E-state index contributed by atoms with van der Waals surface area (Å²) >= 11 is 0. The molecule has 0 spiro atoms. The fourth-order valence-corrected chi connectivity index (χ4v) is 4.53. The molecular weight excluding hydrogens is 410 g/mol. The van der Waals surface area contributed by atoms with Crippen molar-refractivity contribution in [1.82, 2.24) is 19.6 Å². The minimum atomic E-state index is -0.0328. The molecule has 0 N–H and O–H groups in total. The van der Waals surface area contributed by atoms with Crippen LogP contribution >= 0.6 is 0 Å². The molecule has 6 nitrogen and oxygen atoms in total. The number of aromatic nitrogens is 2. The molecule has 0 radical (unpaired) electrons. The first-order valence-electron chi connectivity index (χ1n) is 12.5. The van der Waals surface area contributed by atoms with Crippen LogP contribution in [0.1, 0.15) is 59.2 Å². The first kappa shape index (κ1) is 25.3. The van der Waals surface area contributed by atoms with Crippen molar-refractivity contribution in [2.45, 2.75) is 61.4 Å². The van der Waals surface area contributed by atoms with E-state index in [2.05, 4.69) is 92.1 Å². The van der Waals surface area contributed by atoms with Gasteiger partial charge in [-0.3, -0.25) is 4.79 Å². The Bertz CT molecular complexity index is 905. The molecule has 2 aromatic rings. The second-order valence-electron chi connectivity index (χ2n) is 11.0. The minimum absolute atomic E-state index is 0.0328. The van der Waals surface area contributed by atoms with E-state index in [-0.39, 0.29) is 11.3 Å². The number of rotatable bonds is 8. The highest BCUT2D eigenvalue weighted by molar-refractivity contribution is 5.77. The normalized spacial score (nSPS) is 15.3. The predicted octanol–water partition coefficient (Wildman–Crippen LogP) is 4.74. The standard InChI is InChI=1S/C27H43N5O/c1-8-29-14-16-30(17-15-29)26-24(22(4)28-32(26)23-12-10-9-11-13-23)20-31(19-21(2)3)25(33)18-27(5,6)7/h9-13,21H,8,14-20H2,1-7H3. The maximum Gasteiger partial charge on any atom is 0.223 e. The van der Waals surface area contributed by atoms with Crippen molar-refractivity contribution < 1.29 is 4.79 Å². The van der Waals surface area contributed by atoms with E-state index in [0.717, 1.165) is 56.5 Å². The molecule has 33 heavy (non-hydrogen) atoms. The number of aryl methyl sites for hydroxylation is 1. The van der Waals surface area contributed by atoms with E-state index in [1.807, 2.05) is 6.07 Å². The maximum atomic E-state index is 13.3. The highest BCUT2D eigenvalue weighted by Crippen LogP contribution is 2.31. The fourth-order valence-electron chi connectivity index (χ4n) is 4.53. The molecule has 1 amide bonds. The summed E-state index contributed by atoms with van der Waals surface area (Å²) in [6.45, 7) is 21.6. The quantitative estimate of drug-likeness (QED) is 0.579. The van der Waals surface area contributed by atoms with Crippen molar-refractivity contribution in [2.24, 2.45) is 11.3 Å². The second kappa shape index (κ2) is 10.7. The van der Waals surface area contributed by atoms with Gasteiger partial charge in [0.15, 0.2) is 0 Å². The van der Waals surface area contributed by atoms with E-state index in [9.17, 15) is 4.79 Å². The Kier molecular flexibility index (Phi) is 8.22. The smallest absolute Gasteiger partial charge is 0.223 e. The Labute approximate surface area is 200 Å². The van der Waals surface area contributed by atoms with E-state index < -0.39 is 0 Å². The number of amides is 1. The van der Waals surface area contributed by atoms with Crippen LogP contribution in [-0.4, -0.2) is 64.8 Å². The van der Waals surface area contributed by atoms with Crippen LogP contribution in [0.25, 0.3) is 5.69 Å². The van der Waals surface area contributed by atoms with Crippen molar-refractivity contribution >= 4 is 11.7 Å². The molecule has 0 bridgehead atoms. The maximum absolute atomic E-state index is 13.3. The molecule has 3 rings (SSSR count). The van der Waals surface area contributed by atoms with Crippen LogP contribution in [0, 0.1) is 18.3 Å². The Morgan fingerprint density at radius 3 is 2.27 bits per heavy atom. The highest BCUT2D eigenvalue weighted by atomic mass is 16.2. The number of benzene rings is 1. The lowest BCUT2D eigenvalue weighted by Gasteiger charge is -2.36. The van der Waals surface area contributed by atoms with Gasteiger partial charge in [0.1, 0.15) is 5.82 Å². The Morgan fingerprint density at radius 2 is 1.73 bits per heavy atom. The minimum Gasteiger partial charge on any atom is -0.354 e. The number of likely N-dealkylation sites (N-methyl/N-ethyl adjacent to an activating group) is 1. The van der Waals surface area contributed by atoms with E-state index in [1.54, 1.807) is 0 Å². The number of carbonyl (C=O) groups is 1. The van der Waals surface area contributed by atoms with Crippen molar-refractivity contribution in [3.05, 3.63) is 41.6 Å². The third-order valence-corrected chi connectivity index (χ3v) is 6.25. The summed E-state index contributed by atoms with van der Waals surface area (Å²) in [5.41, 5.74) is 3.21. The molecule has 0 unspecified atom stereocenters. The van der Waals surface area contributed by atoms with Crippen LogP contribution in [-0.2, 0) is 11.3 Å². The third kappa shape index (κ3) is 6.59. The summed E-state index contributed by atoms with van der Waals surface area (Å²) in [7, 11) is 0. The van der Waals surface area contributed by atoms with Crippen LogP contribution in [0.2, 0.25) is 0 Å². The fraction of sp³-hybridized carbons (Fsp3) is 0.630. The summed E-state index contributed by atoms with van der Waals surface area (Å²) in [5.74, 6) is 1.78. The van der Waals surface area contributed by atoms with Gasteiger partial charge in [-0.05, 0) is 36.9 Å². The Morgan fingerprint density at radius 1 is 1.09 bits per heavy atom. The molecular formula is C27H43N5O. The van der Waals surface area contributed by atoms with Gasteiger partial charge in [0, 0.05) is 44.7 Å². The number of para-hydroxylation sites is 1. The van der Waals surface area contributed by atoms with E-state index >= 15 is 0 Å². The van der Waals surface area contributed by atoms with Crippen LogP contribution in [0.15, 0.2) is 30.3 Å². The molecule has 0 saturated carbocycles. The van der Waals surface area contributed by atoms with Crippen molar-refractivity contribution in [1.29, 1.82) is 0 Å². The summed E-state index contributed by atoms with van der Waals surface area (Å²) in [6.07, 6.45) is 0.552. The summed E-state index contributed by atoms with van der Waals surface area (Å²) in [6, 6.07) is 10.4. The van der Waals surface area contributed by atoms with Gasteiger partial charge in [0.25, 0.3) is 0 Å². The lowest BCUT2D eigenvalue weighted by atomic mass is 9.91. The Balaban J connectivity index is 2.00. The Hall–Kier alpha value is -2.34. The number of nitrogens with zero attached hydrogens (tertiary/aromatic N) is 5. The predicted molar refractivity (Wildman–Crippen MR) is 137 cm³/mol. The van der Waals surface area contributed by atoms with E-state index in [1.165, 1.54) is 5.56 Å². The third-order valence-electron chi connectivity index (χ3n) is 6.25. The summed E-state index contributed by atoms with van der Waals surface area (Å²) < 4.78 is 2.09. The monoisotopic (exact) mass is 453 g/mol. The van der Waals surface area contributed by atoms with Gasteiger partial charge >= 0.3 is 0 Å². The number of anilines is 1. The van der Waals surface area contributed by atoms with Gasteiger partial charge in [0.2, 0.25) is 5.91 Å². The topological polar surface area (TPSA) is 44.6 Å². The molecule has 2 heterocycles. The van der Waals surface area contributed by atoms with E-state index in [0.29, 0.717) is 18.9 Å². The lowest BCUT2D eigenvalue weighted by Crippen LogP contribution is -2.47. The van der Waals surface area contributed by atoms with E-state index in [4.69, 9.17) is 5.10 Å². The molecule has 1 aliphatic rings. The number of piperazine rings is 1. The largest absolute Gasteiger partial charge is 0.354 e. The molecule has 0 aliphatic carbocycles. The molecule has 1 aromatic carbocycles. The zero-order valence-electron chi connectivity index (χ0n) is 21.8. The second-order valence-corrected chi connectivity index (χ2v) is 11.0. The number of hydrogen-bond acceptors (Lipinski definition) is 4. The molecule has 1 aliphatic heterocycles. The van der Waals surface area contributed by atoms with Gasteiger partial charge in [-0.2, -0.15) is 5.10 Å². The average Bonchev–Trinajstić information content (AvgIpc) is 3.08. The molecule has 6 heteroatoms. The van der Waals surface area contributed by atoms with Crippen molar-refractivity contribution in [3.8, 4) is 5.69 Å². The van der Waals surface area contributed by atoms with Crippen LogP contribution in [0.4, 0.5) is 5.82 Å². The van der Waals surface area contributed by atoms with Crippen LogP contribution < -0.4 is 4.90 Å². The number of hydrogen-bond donors (Lipinski definition) is 0. The molecule has 182 valence electrons. The first-order chi connectivity index (χ1) is 15.6. The van der Waals surface area contributed by atoms with Crippen LogP contribution in [0.5, 0.6) is 0 Å². The molecule has 1 saturated heterocycles. The highest BCUT2D eigenvalue weighted by Gasteiger charge is 2.29. The van der Waals surface area contributed by atoms with Gasteiger partial charge in [-0.25, -0.2) is 4.68 Å². The van der Waals surface area contributed by atoms with Gasteiger partial charge < -0.3 is 14.7 Å². The zero-order valence-corrected chi connectivity index (χ0v) is 21.8. The van der Waals surface area contributed by atoms with Gasteiger partial charge in [0.05, 0.1) is 17.9 Å². The summed E-state index contributed by atoms with van der Waals surface area (Å²) in [5, 5.41) is 4.98. The lowest BCUT2D eigenvalue weighted by molar-refractivity contribution is -0.134. The zero-order chi connectivity index (χ0) is 24.2. The van der Waals surface area contributed by atoms with Gasteiger partial charge in [-0.1, -0.05) is 59.7 Å². The number of carbonyl (C=O) groups excluding carboxylic acids is 1. The van der Waals surface area contributed by atoms with Crippen LogP contribution in [0.3, 0.4) is 0 Å². The molecule has 1 aromatic heterocycles.